The largest absolute Gasteiger partial charge is 0.394 e. The van der Waals surface area contributed by atoms with Gasteiger partial charge in [-0.15, -0.1) is 0 Å². The van der Waals surface area contributed by atoms with Gasteiger partial charge in [-0.3, -0.25) is 4.98 Å². The SMILES string of the molecule is Cc1ccc2cccc(NC(=O)N3CCC[C@@H]3CO)c2n1. The van der Waals surface area contributed by atoms with Crippen LogP contribution in [0.1, 0.15) is 18.5 Å². The fourth-order valence-electron chi connectivity index (χ4n) is 2.83. The van der Waals surface area contributed by atoms with Crippen LogP contribution in [0.3, 0.4) is 0 Å². The van der Waals surface area contributed by atoms with Gasteiger partial charge in [-0.2, -0.15) is 0 Å². The number of pyridine rings is 1. The van der Waals surface area contributed by atoms with Gasteiger partial charge in [-0.05, 0) is 31.9 Å². The topological polar surface area (TPSA) is 65.5 Å². The zero-order chi connectivity index (χ0) is 14.8. The van der Waals surface area contributed by atoms with Gasteiger partial charge in [0.15, 0.2) is 0 Å². The summed E-state index contributed by atoms with van der Waals surface area (Å²) in [5.41, 5.74) is 2.42. The van der Waals surface area contributed by atoms with Crippen molar-refractivity contribution in [1.29, 1.82) is 0 Å². The second-order valence-electron chi connectivity index (χ2n) is 5.43. The summed E-state index contributed by atoms with van der Waals surface area (Å²) in [4.78, 5) is 18.6. The molecule has 1 aliphatic heterocycles. The van der Waals surface area contributed by atoms with Gasteiger partial charge in [-0.25, -0.2) is 4.79 Å². The van der Waals surface area contributed by atoms with Crippen molar-refractivity contribution in [1.82, 2.24) is 9.88 Å². The van der Waals surface area contributed by atoms with Crippen LogP contribution in [0.15, 0.2) is 30.3 Å². The maximum absolute atomic E-state index is 12.4. The first kappa shape index (κ1) is 13.8. The van der Waals surface area contributed by atoms with Crippen LogP contribution in [0.5, 0.6) is 0 Å². The van der Waals surface area contributed by atoms with Gasteiger partial charge in [0.05, 0.1) is 23.9 Å². The molecule has 21 heavy (non-hydrogen) atoms. The average molecular weight is 285 g/mol. The lowest BCUT2D eigenvalue weighted by Gasteiger charge is -2.23. The minimum Gasteiger partial charge on any atom is -0.394 e. The van der Waals surface area contributed by atoms with Crippen molar-refractivity contribution in [3.63, 3.8) is 0 Å². The first-order chi connectivity index (χ1) is 10.2. The molecule has 0 radical (unpaired) electrons. The van der Waals surface area contributed by atoms with Crippen molar-refractivity contribution in [2.24, 2.45) is 0 Å². The number of rotatable bonds is 2. The smallest absolute Gasteiger partial charge is 0.322 e. The van der Waals surface area contributed by atoms with E-state index < -0.39 is 0 Å². The molecule has 0 unspecified atom stereocenters. The summed E-state index contributed by atoms with van der Waals surface area (Å²) in [6, 6.07) is 9.45. The van der Waals surface area contributed by atoms with Crippen LogP contribution in [0, 0.1) is 6.92 Å². The number of aromatic nitrogens is 1. The molecule has 0 aliphatic carbocycles. The molecule has 1 fully saturated rings. The van der Waals surface area contributed by atoms with Crippen molar-refractivity contribution >= 4 is 22.6 Å². The van der Waals surface area contributed by atoms with E-state index in [4.69, 9.17) is 0 Å². The number of para-hydroxylation sites is 1. The Balaban J connectivity index is 1.88. The van der Waals surface area contributed by atoms with Gasteiger partial charge in [0.1, 0.15) is 0 Å². The third kappa shape index (κ3) is 2.69. The molecule has 0 saturated carbocycles. The van der Waals surface area contributed by atoms with Crippen molar-refractivity contribution in [2.75, 3.05) is 18.5 Å². The third-order valence-corrected chi connectivity index (χ3v) is 3.95. The molecule has 1 aliphatic rings. The Labute approximate surface area is 123 Å². The number of urea groups is 1. The van der Waals surface area contributed by atoms with E-state index in [2.05, 4.69) is 10.3 Å². The van der Waals surface area contributed by atoms with E-state index in [9.17, 15) is 9.90 Å². The highest BCUT2D eigenvalue weighted by Gasteiger charge is 2.28. The summed E-state index contributed by atoms with van der Waals surface area (Å²) >= 11 is 0. The highest BCUT2D eigenvalue weighted by Crippen LogP contribution is 2.24. The van der Waals surface area contributed by atoms with Crippen molar-refractivity contribution < 1.29 is 9.90 Å². The molecule has 1 atom stereocenters. The number of aliphatic hydroxyl groups excluding tert-OH is 1. The molecule has 0 bridgehead atoms. The highest BCUT2D eigenvalue weighted by molar-refractivity contribution is 5.99. The Morgan fingerprint density at radius 1 is 1.43 bits per heavy atom. The fraction of sp³-hybridized carbons (Fsp3) is 0.375. The number of amides is 2. The number of carbonyl (C=O) groups is 1. The minimum absolute atomic E-state index is 0.0142. The van der Waals surface area contributed by atoms with Gasteiger partial charge in [0.2, 0.25) is 0 Å². The molecule has 5 heteroatoms. The van der Waals surface area contributed by atoms with Crippen LogP contribution >= 0.6 is 0 Å². The molecule has 5 nitrogen and oxygen atoms in total. The molecule has 1 aromatic heterocycles. The lowest BCUT2D eigenvalue weighted by atomic mass is 10.2. The molecular formula is C16H19N3O2. The lowest BCUT2D eigenvalue weighted by molar-refractivity contribution is 0.166. The molecule has 2 amide bonds. The Morgan fingerprint density at radius 2 is 2.29 bits per heavy atom. The number of anilines is 1. The van der Waals surface area contributed by atoms with Gasteiger partial charge >= 0.3 is 6.03 Å². The summed E-state index contributed by atoms with van der Waals surface area (Å²) in [7, 11) is 0. The van der Waals surface area contributed by atoms with Crippen LogP contribution in [0.4, 0.5) is 10.5 Å². The molecule has 2 N–H and O–H groups in total. The van der Waals surface area contributed by atoms with Crippen LogP contribution < -0.4 is 5.32 Å². The van der Waals surface area contributed by atoms with Crippen molar-refractivity contribution in [3.05, 3.63) is 36.0 Å². The zero-order valence-corrected chi connectivity index (χ0v) is 12.0. The molecule has 1 aromatic carbocycles. The number of likely N-dealkylation sites (tertiary alicyclic amines) is 1. The van der Waals surface area contributed by atoms with Gasteiger partial charge in [0.25, 0.3) is 0 Å². The summed E-state index contributed by atoms with van der Waals surface area (Å²) in [5, 5.41) is 13.3. The Bertz CT molecular complexity index is 672. The number of aryl methyl sites for hydroxylation is 1. The van der Waals surface area contributed by atoms with Crippen LogP contribution in [-0.4, -0.2) is 40.2 Å². The average Bonchev–Trinajstić information content (AvgIpc) is 2.96. The van der Waals surface area contributed by atoms with Gasteiger partial charge in [0, 0.05) is 17.6 Å². The number of fused-ring (bicyclic) bond motifs is 1. The predicted molar refractivity (Wildman–Crippen MR) is 82.3 cm³/mol. The normalized spacial score (nSPS) is 18.2. The second kappa shape index (κ2) is 5.69. The maximum atomic E-state index is 12.4. The van der Waals surface area contributed by atoms with Crippen molar-refractivity contribution in [2.45, 2.75) is 25.8 Å². The number of hydrogen-bond acceptors (Lipinski definition) is 3. The molecule has 3 rings (SSSR count). The number of nitrogens with zero attached hydrogens (tertiary/aromatic N) is 2. The zero-order valence-electron chi connectivity index (χ0n) is 12.0. The Hall–Kier alpha value is -2.14. The van der Waals surface area contributed by atoms with Crippen LogP contribution in [-0.2, 0) is 0 Å². The summed E-state index contributed by atoms with van der Waals surface area (Å²) < 4.78 is 0. The van der Waals surface area contributed by atoms with Gasteiger partial charge < -0.3 is 15.3 Å². The molecular weight excluding hydrogens is 266 g/mol. The van der Waals surface area contributed by atoms with E-state index in [1.165, 1.54) is 0 Å². The quantitative estimate of drug-likeness (QED) is 0.891. The van der Waals surface area contributed by atoms with E-state index in [-0.39, 0.29) is 18.7 Å². The monoisotopic (exact) mass is 285 g/mol. The van der Waals surface area contributed by atoms with Crippen molar-refractivity contribution in [3.8, 4) is 0 Å². The number of nitrogens with one attached hydrogen (secondary N) is 1. The Kier molecular flexibility index (Phi) is 3.75. The van der Waals surface area contributed by atoms with Gasteiger partial charge in [-0.1, -0.05) is 18.2 Å². The molecule has 2 aromatic rings. The van der Waals surface area contributed by atoms with E-state index in [1.54, 1.807) is 4.90 Å². The minimum atomic E-state index is -0.164. The summed E-state index contributed by atoms with van der Waals surface area (Å²) in [5.74, 6) is 0. The van der Waals surface area contributed by atoms with E-state index >= 15 is 0 Å². The maximum Gasteiger partial charge on any atom is 0.322 e. The molecule has 1 saturated heterocycles. The third-order valence-electron chi connectivity index (χ3n) is 3.95. The number of benzene rings is 1. The number of carbonyl (C=O) groups excluding carboxylic acids is 1. The fourth-order valence-corrected chi connectivity index (χ4v) is 2.83. The number of aliphatic hydroxyl groups is 1. The number of hydrogen-bond donors (Lipinski definition) is 2. The predicted octanol–water partition coefficient (Wildman–Crippen LogP) is 2.53. The van der Waals surface area contributed by atoms with Crippen LogP contribution in [0.25, 0.3) is 10.9 Å². The van der Waals surface area contributed by atoms with Crippen LogP contribution in [0.2, 0.25) is 0 Å². The second-order valence-corrected chi connectivity index (χ2v) is 5.43. The molecule has 2 heterocycles. The summed E-state index contributed by atoms with van der Waals surface area (Å²) in [6.07, 6.45) is 1.79. The first-order valence-corrected chi connectivity index (χ1v) is 7.24. The van der Waals surface area contributed by atoms with E-state index in [0.29, 0.717) is 12.2 Å². The van der Waals surface area contributed by atoms with E-state index in [0.717, 1.165) is 29.4 Å². The summed E-state index contributed by atoms with van der Waals surface area (Å²) in [6.45, 7) is 2.63. The lowest BCUT2D eigenvalue weighted by Crippen LogP contribution is -2.40. The standard InChI is InChI=1S/C16H19N3O2/c1-11-7-8-12-4-2-6-14(15(12)17-11)18-16(21)19-9-3-5-13(19)10-20/h2,4,6-8,13,20H,3,5,9-10H2,1H3,(H,18,21)/t13-/m1/s1. The Morgan fingerprint density at radius 3 is 3.10 bits per heavy atom. The first-order valence-electron chi connectivity index (χ1n) is 7.24. The molecule has 0 spiro atoms. The molecule has 110 valence electrons. The van der Waals surface area contributed by atoms with E-state index in [1.807, 2.05) is 37.3 Å². The highest BCUT2D eigenvalue weighted by atomic mass is 16.3.